The van der Waals surface area contributed by atoms with Gasteiger partial charge >= 0.3 is 0 Å². The van der Waals surface area contributed by atoms with Crippen LogP contribution < -0.4 is 0 Å². The van der Waals surface area contributed by atoms with Crippen molar-refractivity contribution in [3.63, 3.8) is 0 Å². The molecule has 0 amide bonds. The second-order valence-corrected chi connectivity index (χ2v) is 4.22. The third-order valence-electron chi connectivity index (χ3n) is 2.81. The van der Waals surface area contributed by atoms with Gasteiger partial charge in [0.15, 0.2) is 0 Å². The summed E-state index contributed by atoms with van der Waals surface area (Å²) in [6.07, 6.45) is 0. The van der Waals surface area contributed by atoms with Gasteiger partial charge in [-0.15, -0.1) is 0 Å². The summed E-state index contributed by atoms with van der Waals surface area (Å²) in [7, 11) is 0. The van der Waals surface area contributed by atoms with Crippen molar-refractivity contribution in [2.75, 3.05) is 0 Å². The van der Waals surface area contributed by atoms with Crippen LogP contribution in [0.5, 0.6) is 0 Å². The zero-order chi connectivity index (χ0) is 11.5. The molecule has 0 bridgehead atoms. The minimum atomic E-state index is -0.323. The summed E-state index contributed by atoms with van der Waals surface area (Å²) in [5.41, 5.74) is 2.22. The van der Waals surface area contributed by atoms with Crippen LogP contribution in [0, 0.1) is 5.41 Å². The normalized spacial score (nSPS) is 12.6. The molecule has 1 rings (SSSR count). The number of benzene rings is 1. The van der Waals surface area contributed by atoms with Crippen LogP contribution >= 0.6 is 0 Å². The Kier molecular flexibility index (Phi) is 3.30. The van der Waals surface area contributed by atoms with Gasteiger partial charge in [-0.25, -0.2) is 0 Å². The number of hydrogen-bond acceptors (Lipinski definition) is 2. The van der Waals surface area contributed by atoms with Crippen molar-refractivity contribution in [3.05, 3.63) is 48.0 Å². The molecule has 0 aliphatic rings. The molecular weight excluding hydrogens is 186 g/mol. The zero-order valence-electron chi connectivity index (χ0n) is 9.49. The van der Waals surface area contributed by atoms with E-state index in [4.69, 9.17) is 5.21 Å². The largest absolute Gasteiger partial charge is 0.411 e. The highest BCUT2D eigenvalue weighted by Gasteiger charge is 2.27. The van der Waals surface area contributed by atoms with Crippen molar-refractivity contribution in [2.24, 2.45) is 10.6 Å². The smallest absolute Gasteiger partial charge is 0.0963 e. The lowest BCUT2D eigenvalue weighted by Crippen LogP contribution is -2.26. The first-order chi connectivity index (χ1) is 7.00. The average molecular weight is 203 g/mol. The lowest BCUT2D eigenvalue weighted by Gasteiger charge is -2.26. The van der Waals surface area contributed by atoms with E-state index in [1.54, 1.807) is 0 Å². The third-order valence-corrected chi connectivity index (χ3v) is 2.81. The van der Waals surface area contributed by atoms with Crippen LogP contribution in [0.4, 0.5) is 0 Å². The summed E-state index contributed by atoms with van der Waals surface area (Å²) in [5, 5.41) is 12.5. The van der Waals surface area contributed by atoms with Gasteiger partial charge in [0.2, 0.25) is 0 Å². The van der Waals surface area contributed by atoms with E-state index in [-0.39, 0.29) is 5.41 Å². The summed E-state index contributed by atoms with van der Waals surface area (Å²) in [5.74, 6) is 0. The van der Waals surface area contributed by atoms with Gasteiger partial charge in [0, 0.05) is 11.0 Å². The lowest BCUT2D eigenvalue weighted by molar-refractivity contribution is 0.312. The molecule has 0 aliphatic carbocycles. The highest BCUT2D eigenvalue weighted by molar-refractivity contribution is 6.05. The van der Waals surface area contributed by atoms with Gasteiger partial charge in [0.25, 0.3) is 0 Å². The fourth-order valence-corrected chi connectivity index (χ4v) is 1.34. The predicted molar refractivity (Wildman–Crippen MR) is 63.4 cm³/mol. The molecule has 0 saturated heterocycles. The van der Waals surface area contributed by atoms with E-state index in [2.05, 4.69) is 11.7 Å². The molecule has 0 aromatic heterocycles. The molecule has 1 N–H and O–H groups in total. The van der Waals surface area contributed by atoms with Crippen LogP contribution in [-0.4, -0.2) is 10.9 Å². The topological polar surface area (TPSA) is 32.6 Å². The highest BCUT2D eigenvalue weighted by Crippen LogP contribution is 2.29. The fourth-order valence-electron chi connectivity index (χ4n) is 1.34. The number of rotatable bonds is 3. The molecule has 0 radical (unpaired) electrons. The SMILES string of the molecule is C=C(C)C(C)(C)/C(=N\O)c1ccccc1. The van der Waals surface area contributed by atoms with E-state index in [0.29, 0.717) is 5.71 Å². The molecule has 1 aromatic carbocycles. The minimum Gasteiger partial charge on any atom is -0.411 e. The molecule has 0 spiro atoms. The first-order valence-electron chi connectivity index (χ1n) is 4.94. The Morgan fingerprint density at radius 3 is 2.20 bits per heavy atom. The molecule has 0 aliphatic heterocycles. The van der Waals surface area contributed by atoms with E-state index in [1.165, 1.54) is 0 Å². The van der Waals surface area contributed by atoms with Crippen molar-refractivity contribution >= 4 is 5.71 Å². The van der Waals surface area contributed by atoms with Crippen LogP contribution in [0.25, 0.3) is 0 Å². The molecular formula is C13H17NO. The molecule has 80 valence electrons. The standard InChI is InChI=1S/C13H17NO/c1-10(2)13(3,4)12(14-15)11-8-6-5-7-9-11/h5-9,15H,1H2,2-4H3/b14-12-. The molecule has 0 unspecified atom stereocenters. The summed E-state index contributed by atoms with van der Waals surface area (Å²) < 4.78 is 0. The summed E-state index contributed by atoms with van der Waals surface area (Å²) in [6, 6.07) is 9.65. The van der Waals surface area contributed by atoms with Crippen LogP contribution in [0.15, 0.2) is 47.6 Å². The maximum absolute atomic E-state index is 9.11. The maximum atomic E-state index is 9.11. The molecule has 0 atom stereocenters. The Labute approximate surface area is 90.9 Å². The number of allylic oxidation sites excluding steroid dienone is 1. The van der Waals surface area contributed by atoms with Crippen LogP contribution in [0.2, 0.25) is 0 Å². The second-order valence-electron chi connectivity index (χ2n) is 4.22. The van der Waals surface area contributed by atoms with Crippen molar-refractivity contribution in [2.45, 2.75) is 20.8 Å². The Balaban J connectivity index is 3.18. The van der Waals surface area contributed by atoms with E-state index in [9.17, 15) is 0 Å². The van der Waals surface area contributed by atoms with E-state index < -0.39 is 0 Å². The molecule has 2 nitrogen and oxygen atoms in total. The van der Waals surface area contributed by atoms with Crippen LogP contribution in [0.3, 0.4) is 0 Å². The van der Waals surface area contributed by atoms with E-state index >= 15 is 0 Å². The van der Waals surface area contributed by atoms with Gasteiger partial charge in [0.1, 0.15) is 0 Å². The first kappa shape index (κ1) is 11.5. The van der Waals surface area contributed by atoms with Gasteiger partial charge < -0.3 is 5.21 Å². The number of nitrogens with zero attached hydrogens (tertiary/aromatic N) is 1. The summed E-state index contributed by atoms with van der Waals surface area (Å²) in [6.45, 7) is 9.86. The second kappa shape index (κ2) is 4.30. The third kappa shape index (κ3) is 2.27. The van der Waals surface area contributed by atoms with Crippen LogP contribution in [-0.2, 0) is 0 Å². The quantitative estimate of drug-likeness (QED) is 0.347. The van der Waals surface area contributed by atoms with Gasteiger partial charge in [-0.3, -0.25) is 0 Å². The number of oxime groups is 1. The molecule has 1 aromatic rings. The van der Waals surface area contributed by atoms with Crippen molar-refractivity contribution in [1.82, 2.24) is 0 Å². The Morgan fingerprint density at radius 2 is 1.80 bits per heavy atom. The van der Waals surface area contributed by atoms with E-state index in [0.717, 1.165) is 11.1 Å². The first-order valence-corrected chi connectivity index (χ1v) is 4.94. The Morgan fingerprint density at radius 1 is 1.27 bits per heavy atom. The van der Waals surface area contributed by atoms with E-state index in [1.807, 2.05) is 51.1 Å². The minimum absolute atomic E-state index is 0.323. The molecule has 15 heavy (non-hydrogen) atoms. The zero-order valence-corrected chi connectivity index (χ0v) is 9.49. The van der Waals surface area contributed by atoms with Crippen molar-refractivity contribution < 1.29 is 5.21 Å². The average Bonchev–Trinajstić information content (AvgIpc) is 2.19. The summed E-state index contributed by atoms with van der Waals surface area (Å²) >= 11 is 0. The maximum Gasteiger partial charge on any atom is 0.0963 e. The van der Waals surface area contributed by atoms with Gasteiger partial charge in [-0.1, -0.05) is 61.5 Å². The van der Waals surface area contributed by atoms with Crippen molar-refractivity contribution in [1.29, 1.82) is 0 Å². The fraction of sp³-hybridized carbons (Fsp3) is 0.308. The monoisotopic (exact) mass is 203 g/mol. The van der Waals surface area contributed by atoms with Gasteiger partial charge in [-0.05, 0) is 6.92 Å². The molecule has 2 heteroatoms. The Hall–Kier alpha value is -1.57. The van der Waals surface area contributed by atoms with Gasteiger partial charge in [0.05, 0.1) is 5.71 Å². The lowest BCUT2D eigenvalue weighted by atomic mass is 9.78. The van der Waals surface area contributed by atoms with Crippen LogP contribution in [0.1, 0.15) is 26.3 Å². The summed E-state index contributed by atoms with van der Waals surface area (Å²) in [4.78, 5) is 0. The van der Waals surface area contributed by atoms with Gasteiger partial charge in [-0.2, -0.15) is 0 Å². The molecule has 0 saturated carbocycles. The predicted octanol–water partition coefficient (Wildman–Crippen LogP) is 3.47. The molecule has 0 fully saturated rings. The highest BCUT2D eigenvalue weighted by atomic mass is 16.4. The number of hydrogen-bond donors (Lipinski definition) is 1. The Bertz CT molecular complexity index is 377. The van der Waals surface area contributed by atoms with Crippen molar-refractivity contribution in [3.8, 4) is 0 Å². The molecule has 0 heterocycles.